The minimum atomic E-state index is -3.93. The maximum absolute atomic E-state index is 13.3. The standard InChI is InChI=1S/C24H27Cl2N3O5S/c1-4-33-21-10-16(14-27)20(13-22(21)34-5-2)28-24(30)17-11-23(19(26)12-18(17)25)35(31,32)29-8-6-15(3)7-9-29/h10-13,15H,4-9H2,1-3H3,(H,28,30). The number of nitrogens with one attached hydrogen (secondary N) is 1. The summed E-state index contributed by atoms with van der Waals surface area (Å²) in [6, 6.07) is 7.40. The lowest BCUT2D eigenvalue weighted by molar-refractivity contribution is 0.102. The third kappa shape index (κ3) is 6.01. The predicted octanol–water partition coefficient (Wildman–Crippen LogP) is 5.34. The maximum Gasteiger partial charge on any atom is 0.257 e. The van der Waals surface area contributed by atoms with Crippen molar-refractivity contribution in [3.63, 3.8) is 0 Å². The zero-order valence-electron chi connectivity index (χ0n) is 19.7. The lowest BCUT2D eigenvalue weighted by Gasteiger charge is -2.29. The first kappa shape index (κ1) is 27.1. The molecule has 0 aromatic heterocycles. The van der Waals surface area contributed by atoms with Crippen molar-refractivity contribution in [2.24, 2.45) is 5.92 Å². The Bertz CT molecular complexity index is 1250. The Hall–Kier alpha value is -2.51. The number of anilines is 1. The number of nitriles is 1. The number of hydrogen-bond donors (Lipinski definition) is 1. The normalized spacial score (nSPS) is 14.9. The number of benzene rings is 2. The van der Waals surface area contributed by atoms with E-state index in [1.807, 2.05) is 6.07 Å². The van der Waals surface area contributed by atoms with Crippen molar-refractivity contribution in [3.05, 3.63) is 45.4 Å². The molecule has 0 unspecified atom stereocenters. The first-order chi connectivity index (χ1) is 16.6. The van der Waals surface area contributed by atoms with Gasteiger partial charge < -0.3 is 14.8 Å². The van der Waals surface area contributed by atoms with Crippen LogP contribution in [-0.4, -0.2) is 44.9 Å². The summed E-state index contributed by atoms with van der Waals surface area (Å²) >= 11 is 12.5. The molecule has 2 aromatic carbocycles. The highest BCUT2D eigenvalue weighted by Gasteiger charge is 2.31. The van der Waals surface area contributed by atoms with Crippen LogP contribution < -0.4 is 14.8 Å². The number of hydrogen-bond acceptors (Lipinski definition) is 6. The molecule has 1 heterocycles. The second kappa shape index (κ2) is 11.5. The van der Waals surface area contributed by atoms with E-state index >= 15 is 0 Å². The number of amides is 1. The molecule has 2 aromatic rings. The molecule has 3 rings (SSSR count). The molecular formula is C24H27Cl2N3O5S. The van der Waals surface area contributed by atoms with Gasteiger partial charge >= 0.3 is 0 Å². The number of ether oxygens (including phenoxy) is 2. The molecule has 0 spiro atoms. The molecule has 1 aliphatic rings. The summed E-state index contributed by atoms with van der Waals surface area (Å²) in [6.45, 7) is 7.14. The second-order valence-corrected chi connectivity index (χ2v) is 10.8. The average molecular weight is 540 g/mol. The van der Waals surface area contributed by atoms with E-state index < -0.39 is 15.9 Å². The fourth-order valence-electron chi connectivity index (χ4n) is 3.75. The van der Waals surface area contributed by atoms with Crippen molar-refractivity contribution in [1.29, 1.82) is 5.26 Å². The van der Waals surface area contributed by atoms with Crippen molar-refractivity contribution in [3.8, 4) is 17.6 Å². The molecule has 188 valence electrons. The SMILES string of the molecule is CCOc1cc(C#N)c(NC(=O)c2cc(S(=O)(=O)N3CCC(C)CC3)c(Cl)cc2Cl)cc1OCC. The van der Waals surface area contributed by atoms with E-state index in [9.17, 15) is 18.5 Å². The van der Waals surface area contributed by atoms with Gasteiger partial charge in [0.1, 0.15) is 11.0 Å². The van der Waals surface area contributed by atoms with Crippen molar-refractivity contribution in [2.45, 2.75) is 38.5 Å². The summed E-state index contributed by atoms with van der Waals surface area (Å²) in [5.41, 5.74) is 0.228. The zero-order valence-corrected chi connectivity index (χ0v) is 22.1. The second-order valence-electron chi connectivity index (χ2n) is 8.13. The number of halogens is 2. The van der Waals surface area contributed by atoms with Crippen LogP contribution in [0.1, 0.15) is 49.5 Å². The first-order valence-electron chi connectivity index (χ1n) is 11.3. The lowest BCUT2D eigenvalue weighted by Crippen LogP contribution is -2.38. The third-order valence-corrected chi connectivity index (χ3v) is 8.35. The van der Waals surface area contributed by atoms with Gasteiger partial charge in [-0.15, -0.1) is 0 Å². The summed E-state index contributed by atoms with van der Waals surface area (Å²) in [4.78, 5) is 13.0. The molecule has 0 saturated carbocycles. The van der Waals surface area contributed by atoms with Gasteiger partial charge in [0.15, 0.2) is 11.5 Å². The molecule has 0 aliphatic carbocycles. The Labute approximate surface area is 215 Å². The molecule has 35 heavy (non-hydrogen) atoms. The van der Waals surface area contributed by atoms with Crippen LogP contribution in [0.4, 0.5) is 5.69 Å². The Morgan fingerprint density at radius 2 is 1.69 bits per heavy atom. The molecule has 11 heteroatoms. The largest absolute Gasteiger partial charge is 0.490 e. The van der Waals surface area contributed by atoms with E-state index in [2.05, 4.69) is 12.2 Å². The molecule has 0 atom stereocenters. The monoisotopic (exact) mass is 539 g/mol. The number of carbonyl (C=O) groups is 1. The van der Waals surface area contributed by atoms with Crippen LogP contribution in [0.2, 0.25) is 10.0 Å². The molecular weight excluding hydrogens is 513 g/mol. The van der Waals surface area contributed by atoms with Gasteiger partial charge in [0, 0.05) is 25.2 Å². The van der Waals surface area contributed by atoms with Crippen LogP contribution >= 0.6 is 23.2 Å². The molecule has 8 nitrogen and oxygen atoms in total. The number of sulfonamides is 1. The fraction of sp³-hybridized carbons (Fsp3) is 0.417. The maximum atomic E-state index is 13.3. The highest BCUT2D eigenvalue weighted by Crippen LogP contribution is 2.36. The summed E-state index contributed by atoms with van der Waals surface area (Å²) in [5, 5.41) is 12.1. The molecule has 1 aliphatic heterocycles. The van der Waals surface area contributed by atoms with Crippen LogP contribution in [0.15, 0.2) is 29.2 Å². The third-order valence-electron chi connectivity index (χ3n) is 5.68. The van der Waals surface area contributed by atoms with Gasteiger partial charge in [-0.3, -0.25) is 4.79 Å². The van der Waals surface area contributed by atoms with E-state index in [4.69, 9.17) is 32.7 Å². The van der Waals surface area contributed by atoms with Crippen LogP contribution in [0.25, 0.3) is 0 Å². The average Bonchev–Trinajstić information content (AvgIpc) is 2.81. The van der Waals surface area contributed by atoms with E-state index in [-0.39, 0.29) is 31.8 Å². The number of carbonyl (C=O) groups excluding carboxylic acids is 1. The highest BCUT2D eigenvalue weighted by atomic mass is 35.5. The quantitative estimate of drug-likeness (QED) is 0.485. The van der Waals surface area contributed by atoms with Gasteiger partial charge in [0.05, 0.1) is 40.1 Å². The van der Waals surface area contributed by atoms with Crippen LogP contribution in [0.5, 0.6) is 11.5 Å². The topological polar surface area (TPSA) is 109 Å². The minimum absolute atomic E-state index is 0.0202. The molecule has 1 fully saturated rings. The van der Waals surface area contributed by atoms with Gasteiger partial charge in [0.2, 0.25) is 10.0 Å². The van der Waals surface area contributed by atoms with Crippen molar-refractivity contribution >= 4 is 44.8 Å². The smallest absolute Gasteiger partial charge is 0.257 e. The number of piperidine rings is 1. The summed E-state index contributed by atoms with van der Waals surface area (Å²) in [5.74, 6) is 0.470. The van der Waals surface area contributed by atoms with E-state index in [1.54, 1.807) is 13.8 Å². The number of nitrogens with zero attached hydrogens (tertiary/aromatic N) is 2. The molecule has 1 saturated heterocycles. The van der Waals surface area contributed by atoms with Gasteiger partial charge in [-0.25, -0.2) is 8.42 Å². The van der Waals surface area contributed by atoms with Gasteiger partial charge in [-0.1, -0.05) is 30.1 Å². The summed E-state index contributed by atoms with van der Waals surface area (Å²) < 4.78 is 39.0. The Morgan fingerprint density at radius 1 is 1.09 bits per heavy atom. The Morgan fingerprint density at radius 3 is 2.26 bits per heavy atom. The predicted molar refractivity (Wildman–Crippen MR) is 135 cm³/mol. The van der Waals surface area contributed by atoms with Crippen LogP contribution in [0.3, 0.4) is 0 Å². The van der Waals surface area contributed by atoms with Gasteiger partial charge in [0.25, 0.3) is 5.91 Å². The zero-order chi connectivity index (χ0) is 25.8. The Kier molecular flexibility index (Phi) is 8.89. The summed E-state index contributed by atoms with van der Waals surface area (Å²) in [7, 11) is -3.93. The van der Waals surface area contributed by atoms with Gasteiger partial charge in [-0.2, -0.15) is 9.57 Å². The van der Waals surface area contributed by atoms with Crippen molar-refractivity contribution in [1.82, 2.24) is 4.31 Å². The first-order valence-corrected chi connectivity index (χ1v) is 13.5. The molecule has 0 radical (unpaired) electrons. The van der Waals surface area contributed by atoms with E-state index in [1.165, 1.54) is 28.6 Å². The minimum Gasteiger partial charge on any atom is -0.490 e. The highest BCUT2D eigenvalue weighted by molar-refractivity contribution is 7.89. The van der Waals surface area contributed by atoms with Crippen LogP contribution in [0, 0.1) is 17.2 Å². The molecule has 1 amide bonds. The van der Waals surface area contributed by atoms with E-state index in [0.717, 1.165) is 12.8 Å². The van der Waals surface area contributed by atoms with Crippen LogP contribution in [-0.2, 0) is 10.0 Å². The molecule has 0 bridgehead atoms. The Balaban J connectivity index is 1.97. The fourth-order valence-corrected chi connectivity index (χ4v) is 6.05. The lowest BCUT2D eigenvalue weighted by atomic mass is 10.0. The summed E-state index contributed by atoms with van der Waals surface area (Å²) in [6.07, 6.45) is 1.49. The molecule has 1 N–H and O–H groups in total. The number of rotatable bonds is 8. The van der Waals surface area contributed by atoms with E-state index in [0.29, 0.717) is 43.7 Å². The van der Waals surface area contributed by atoms with Gasteiger partial charge in [-0.05, 0) is 44.7 Å². The van der Waals surface area contributed by atoms with Crippen molar-refractivity contribution < 1.29 is 22.7 Å². The van der Waals surface area contributed by atoms with Crippen molar-refractivity contribution in [2.75, 3.05) is 31.6 Å².